The van der Waals surface area contributed by atoms with Gasteiger partial charge < -0.3 is 11.1 Å². The van der Waals surface area contributed by atoms with E-state index in [1.165, 1.54) is 24.2 Å². The van der Waals surface area contributed by atoms with Crippen molar-refractivity contribution in [1.29, 1.82) is 0 Å². The number of nitrogens with zero attached hydrogens (tertiary/aromatic N) is 1. The highest BCUT2D eigenvalue weighted by Crippen LogP contribution is 2.23. The molecule has 1 heterocycles. The van der Waals surface area contributed by atoms with Gasteiger partial charge in [-0.05, 0) is 31.6 Å². The summed E-state index contributed by atoms with van der Waals surface area (Å²) in [4.78, 5) is 15.8. The molecule has 1 amide bonds. The molecule has 0 saturated heterocycles. The van der Waals surface area contributed by atoms with E-state index in [4.69, 9.17) is 5.73 Å². The van der Waals surface area contributed by atoms with E-state index in [1.807, 2.05) is 0 Å². The van der Waals surface area contributed by atoms with Crippen LogP contribution in [0.15, 0.2) is 5.38 Å². The monoisotopic (exact) mass is 239 g/mol. The number of hydrogen-bond acceptors (Lipinski definition) is 4. The summed E-state index contributed by atoms with van der Waals surface area (Å²) in [6.07, 6.45) is 4.55. The van der Waals surface area contributed by atoms with Crippen molar-refractivity contribution in [3.63, 3.8) is 0 Å². The van der Waals surface area contributed by atoms with E-state index in [2.05, 4.69) is 17.2 Å². The Morgan fingerprint density at radius 1 is 1.50 bits per heavy atom. The van der Waals surface area contributed by atoms with Crippen LogP contribution in [0.4, 0.5) is 5.13 Å². The number of nitrogen functional groups attached to an aromatic ring is 1. The molecule has 4 nitrogen and oxygen atoms in total. The minimum Gasteiger partial charge on any atom is -0.375 e. The smallest absolute Gasteiger partial charge is 0.271 e. The number of aromatic nitrogens is 1. The fraction of sp³-hybridized carbons (Fsp3) is 0.636. The van der Waals surface area contributed by atoms with Crippen molar-refractivity contribution >= 4 is 22.4 Å². The summed E-state index contributed by atoms with van der Waals surface area (Å²) in [5.41, 5.74) is 5.94. The highest BCUT2D eigenvalue weighted by molar-refractivity contribution is 7.13. The standard InChI is InChI=1S/C11H17N3OS/c1-7-2-4-8(5-3-7)13-10(15)9-6-16-11(12)14-9/h6-8H,2-5H2,1H3,(H2,12,14)(H,13,15). The Bertz CT molecular complexity index is 369. The lowest BCUT2D eigenvalue weighted by Gasteiger charge is -2.26. The summed E-state index contributed by atoms with van der Waals surface area (Å²) < 4.78 is 0. The van der Waals surface area contributed by atoms with Gasteiger partial charge in [0.2, 0.25) is 0 Å². The van der Waals surface area contributed by atoms with Crippen molar-refractivity contribution < 1.29 is 4.79 Å². The molecule has 0 unspecified atom stereocenters. The van der Waals surface area contributed by atoms with Crippen LogP contribution in [-0.2, 0) is 0 Å². The summed E-state index contributed by atoms with van der Waals surface area (Å²) >= 11 is 1.30. The molecular weight excluding hydrogens is 222 g/mol. The lowest BCUT2D eigenvalue weighted by Crippen LogP contribution is -2.37. The molecule has 1 saturated carbocycles. The quantitative estimate of drug-likeness (QED) is 0.829. The van der Waals surface area contributed by atoms with Gasteiger partial charge >= 0.3 is 0 Å². The van der Waals surface area contributed by atoms with E-state index in [0.29, 0.717) is 16.9 Å². The maximum Gasteiger partial charge on any atom is 0.271 e. The lowest BCUT2D eigenvalue weighted by atomic mass is 9.87. The average molecular weight is 239 g/mol. The van der Waals surface area contributed by atoms with Gasteiger partial charge in [-0.3, -0.25) is 4.79 Å². The zero-order valence-corrected chi connectivity index (χ0v) is 10.2. The SMILES string of the molecule is CC1CCC(NC(=O)c2csc(N)n2)CC1. The topological polar surface area (TPSA) is 68.0 Å². The normalized spacial score (nSPS) is 25.3. The number of carbonyl (C=O) groups is 1. The highest BCUT2D eigenvalue weighted by atomic mass is 32.1. The second-order valence-corrected chi connectivity index (χ2v) is 5.39. The third-order valence-corrected chi connectivity index (χ3v) is 3.78. The van der Waals surface area contributed by atoms with Gasteiger partial charge in [-0.2, -0.15) is 0 Å². The van der Waals surface area contributed by atoms with Crippen LogP contribution in [0.2, 0.25) is 0 Å². The van der Waals surface area contributed by atoms with Gasteiger partial charge in [-0.25, -0.2) is 4.98 Å². The van der Waals surface area contributed by atoms with Gasteiger partial charge in [0.15, 0.2) is 5.13 Å². The van der Waals surface area contributed by atoms with Crippen molar-refractivity contribution in [1.82, 2.24) is 10.3 Å². The van der Waals surface area contributed by atoms with Gasteiger partial charge in [-0.1, -0.05) is 6.92 Å². The zero-order valence-electron chi connectivity index (χ0n) is 9.40. The Balaban J connectivity index is 1.88. The number of rotatable bonds is 2. The van der Waals surface area contributed by atoms with Crippen LogP contribution in [0.1, 0.15) is 43.1 Å². The summed E-state index contributed by atoms with van der Waals surface area (Å²) in [6.45, 7) is 2.26. The van der Waals surface area contributed by atoms with Gasteiger partial charge in [0.25, 0.3) is 5.91 Å². The molecule has 1 aromatic heterocycles. The molecule has 5 heteroatoms. The number of anilines is 1. The molecule has 1 aliphatic rings. The van der Waals surface area contributed by atoms with Crippen LogP contribution < -0.4 is 11.1 Å². The van der Waals surface area contributed by atoms with Crippen molar-refractivity contribution in [2.75, 3.05) is 5.73 Å². The molecule has 1 fully saturated rings. The molecule has 0 aromatic carbocycles. The summed E-state index contributed by atoms with van der Waals surface area (Å²) in [5.74, 6) is 0.704. The Kier molecular flexibility index (Phi) is 3.43. The molecule has 3 N–H and O–H groups in total. The lowest BCUT2D eigenvalue weighted by molar-refractivity contribution is 0.0918. The second kappa shape index (κ2) is 4.82. The molecule has 1 aliphatic carbocycles. The molecule has 2 rings (SSSR count). The first-order valence-electron chi connectivity index (χ1n) is 5.67. The van der Waals surface area contributed by atoms with Crippen LogP contribution in [-0.4, -0.2) is 16.9 Å². The maximum absolute atomic E-state index is 11.8. The Morgan fingerprint density at radius 2 is 2.19 bits per heavy atom. The van der Waals surface area contributed by atoms with Crippen molar-refractivity contribution in [2.45, 2.75) is 38.6 Å². The predicted molar refractivity (Wildman–Crippen MR) is 65.4 cm³/mol. The Morgan fingerprint density at radius 3 is 2.75 bits per heavy atom. The molecular formula is C11H17N3OS. The molecule has 0 bridgehead atoms. The molecule has 88 valence electrons. The molecule has 0 spiro atoms. The third kappa shape index (κ3) is 2.72. The van der Waals surface area contributed by atoms with Crippen molar-refractivity contribution in [2.24, 2.45) is 5.92 Å². The van der Waals surface area contributed by atoms with Crippen molar-refractivity contribution in [3.8, 4) is 0 Å². The van der Waals surface area contributed by atoms with E-state index in [9.17, 15) is 4.79 Å². The molecule has 0 radical (unpaired) electrons. The Hall–Kier alpha value is -1.10. The van der Waals surface area contributed by atoms with E-state index < -0.39 is 0 Å². The van der Waals surface area contributed by atoms with E-state index in [-0.39, 0.29) is 5.91 Å². The number of nitrogens with one attached hydrogen (secondary N) is 1. The van der Waals surface area contributed by atoms with E-state index in [1.54, 1.807) is 5.38 Å². The first kappa shape index (κ1) is 11.4. The van der Waals surface area contributed by atoms with E-state index in [0.717, 1.165) is 18.8 Å². The number of nitrogens with two attached hydrogens (primary N) is 1. The zero-order chi connectivity index (χ0) is 11.5. The molecule has 1 aromatic rings. The largest absolute Gasteiger partial charge is 0.375 e. The summed E-state index contributed by atoms with van der Waals surface area (Å²) in [5, 5.41) is 5.17. The van der Waals surface area contributed by atoms with Gasteiger partial charge in [-0.15, -0.1) is 11.3 Å². The predicted octanol–water partition coefficient (Wildman–Crippen LogP) is 2.03. The minimum absolute atomic E-state index is 0.0903. The fourth-order valence-electron chi connectivity index (χ4n) is 2.06. The van der Waals surface area contributed by atoms with Gasteiger partial charge in [0.05, 0.1) is 0 Å². The second-order valence-electron chi connectivity index (χ2n) is 4.50. The average Bonchev–Trinajstić information content (AvgIpc) is 2.68. The molecule has 16 heavy (non-hydrogen) atoms. The number of thiazole rings is 1. The number of hydrogen-bond donors (Lipinski definition) is 2. The number of carbonyl (C=O) groups excluding carboxylic acids is 1. The van der Waals surface area contributed by atoms with Crippen LogP contribution >= 0.6 is 11.3 Å². The Labute approximate surface area is 99.3 Å². The highest BCUT2D eigenvalue weighted by Gasteiger charge is 2.21. The first-order valence-corrected chi connectivity index (χ1v) is 6.55. The van der Waals surface area contributed by atoms with Gasteiger partial charge in [0, 0.05) is 11.4 Å². The fourth-order valence-corrected chi connectivity index (χ4v) is 2.60. The number of amides is 1. The van der Waals surface area contributed by atoms with Crippen molar-refractivity contribution in [3.05, 3.63) is 11.1 Å². The van der Waals surface area contributed by atoms with Crippen LogP contribution in [0.25, 0.3) is 0 Å². The van der Waals surface area contributed by atoms with Gasteiger partial charge in [0.1, 0.15) is 5.69 Å². The summed E-state index contributed by atoms with van der Waals surface area (Å²) in [6, 6.07) is 0.312. The maximum atomic E-state index is 11.8. The minimum atomic E-state index is -0.0903. The van der Waals surface area contributed by atoms with E-state index >= 15 is 0 Å². The molecule has 0 atom stereocenters. The third-order valence-electron chi connectivity index (χ3n) is 3.11. The summed E-state index contributed by atoms with van der Waals surface area (Å²) in [7, 11) is 0. The van der Waals surface area contributed by atoms with Crippen LogP contribution in [0.3, 0.4) is 0 Å². The first-order chi connectivity index (χ1) is 7.65. The van der Waals surface area contributed by atoms with Crippen LogP contribution in [0.5, 0.6) is 0 Å². The van der Waals surface area contributed by atoms with Crippen LogP contribution in [0, 0.1) is 5.92 Å². The molecule has 0 aliphatic heterocycles.